The van der Waals surface area contributed by atoms with Crippen molar-refractivity contribution >= 4 is 0 Å². The molecule has 1 heterocycles. The standard InChI is InChI=1S/C15H18N2O2/c1-18-14-5-11(8-16)6-15(7-14)19-10-13-9-17(13)12-3-2-4-12/h5-7,12-13H,2-4,9-10H2,1H3. The highest BCUT2D eigenvalue weighted by Crippen LogP contribution is 2.34. The van der Waals surface area contributed by atoms with Crippen LogP contribution in [0.4, 0.5) is 0 Å². The molecule has 3 rings (SSSR count). The summed E-state index contributed by atoms with van der Waals surface area (Å²) >= 11 is 0. The first kappa shape index (κ1) is 12.3. The quantitative estimate of drug-likeness (QED) is 0.759. The molecule has 4 heteroatoms. The van der Waals surface area contributed by atoms with E-state index in [-0.39, 0.29) is 0 Å². The van der Waals surface area contributed by atoms with Crippen LogP contribution in [0.2, 0.25) is 0 Å². The van der Waals surface area contributed by atoms with E-state index in [1.807, 2.05) is 6.07 Å². The minimum atomic E-state index is 0.557. The van der Waals surface area contributed by atoms with E-state index in [0.717, 1.165) is 18.3 Å². The predicted octanol–water partition coefficient (Wildman–Crippen LogP) is 2.18. The lowest BCUT2D eigenvalue weighted by atomic mass is 9.93. The van der Waals surface area contributed by atoms with E-state index in [1.165, 1.54) is 19.3 Å². The number of rotatable bonds is 5. The molecule has 1 aromatic rings. The van der Waals surface area contributed by atoms with Crippen molar-refractivity contribution in [2.45, 2.75) is 31.3 Å². The van der Waals surface area contributed by atoms with E-state index in [0.29, 0.717) is 24.0 Å². The van der Waals surface area contributed by atoms with Crippen LogP contribution in [-0.2, 0) is 0 Å². The SMILES string of the molecule is COc1cc(C#N)cc(OCC2CN2C2CCC2)c1. The lowest BCUT2D eigenvalue weighted by Gasteiger charge is -2.27. The molecular weight excluding hydrogens is 240 g/mol. The molecule has 2 atom stereocenters. The average Bonchev–Trinajstić information content (AvgIpc) is 3.13. The van der Waals surface area contributed by atoms with Gasteiger partial charge in [0.2, 0.25) is 0 Å². The fraction of sp³-hybridized carbons (Fsp3) is 0.533. The minimum absolute atomic E-state index is 0.557. The molecule has 2 fully saturated rings. The number of hydrogen-bond donors (Lipinski definition) is 0. The topological polar surface area (TPSA) is 45.3 Å². The zero-order valence-corrected chi connectivity index (χ0v) is 11.1. The highest BCUT2D eigenvalue weighted by molar-refractivity contribution is 5.43. The number of hydrogen-bond acceptors (Lipinski definition) is 4. The van der Waals surface area contributed by atoms with Crippen molar-refractivity contribution < 1.29 is 9.47 Å². The summed E-state index contributed by atoms with van der Waals surface area (Å²) in [6.07, 6.45) is 4.05. The zero-order chi connectivity index (χ0) is 13.2. The Bertz CT molecular complexity index is 505. The monoisotopic (exact) mass is 258 g/mol. The second-order valence-electron chi connectivity index (χ2n) is 5.26. The Labute approximate surface area is 113 Å². The molecule has 19 heavy (non-hydrogen) atoms. The molecule has 100 valence electrons. The summed E-state index contributed by atoms with van der Waals surface area (Å²) in [4.78, 5) is 2.51. The average molecular weight is 258 g/mol. The summed E-state index contributed by atoms with van der Waals surface area (Å²) in [5, 5.41) is 8.96. The van der Waals surface area contributed by atoms with Crippen LogP contribution in [0.25, 0.3) is 0 Å². The Morgan fingerprint density at radius 1 is 1.32 bits per heavy atom. The number of benzene rings is 1. The summed E-state index contributed by atoms with van der Waals surface area (Å²) in [6.45, 7) is 1.86. The third kappa shape index (κ3) is 2.66. The van der Waals surface area contributed by atoms with Gasteiger partial charge in [0.25, 0.3) is 0 Å². The van der Waals surface area contributed by atoms with Crippen molar-refractivity contribution in [2.75, 3.05) is 20.3 Å². The van der Waals surface area contributed by atoms with Crippen molar-refractivity contribution in [1.82, 2.24) is 4.90 Å². The van der Waals surface area contributed by atoms with Crippen LogP contribution in [0.1, 0.15) is 24.8 Å². The van der Waals surface area contributed by atoms with Crippen LogP contribution in [0.15, 0.2) is 18.2 Å². The van der Waals surface area contributed by atoms with Gasteiger partial charge in [-0.05, 0) is 25.0 Å². The Balaban J connectivity index is 1.56. The maximum Gasteiger partial charge on any atom is 0.124 e. The van der Waals surface area contributed by atoms with Gasteiger partial charge in [-0.1, -0.05) is 6.42 Å². The molecule has 1 aliphatic heterocycles. The fourth-order valence-electron chi connectivity index (χ4n) is 2.54. The fourth-order valence-corrected chi connectivity index (χ4v) is 2.54. The molecule has 1 aliphatic carbocycles. The van der Waals surface area contributed by atoms with Crippen LogP contribution >= 0.6 is 0 Å². The van der Waals surface area contributed by atoms with Crippen LogP contribution in [-0.4, -0.2) is 37.2 Å². The molecule has 0 amide bonds. The Morgan fingerprint density at radius 3 is 2.74 bits per heavy atom. The van der Waals surface area contributed by atoms with Crippen LogP contribution in [0.3, 0.4) is 0 Å². The molecule has 0 bridgehead atoms. The molecule has 2 aliphatic rings. The smallest absolute Gasteiger partial charge is 0.124 e. The van der Waals surface area contributed by atoms with Crippen LogP contribution in [0, 0.1) is 11.3 Å². The first-order valence-corrected chi connectivity index (χ1v) is 6.78. The normalized spacial score (nSPS) is 25.3. The zero-order valence-electron chi connectivity index (χ0n) is 11.1. The van der Waals surface area contributed by atoms with Gasteiger partial charge in [0.15, 0.2) is 0 Å². The molecule has 0 N–H and O–H groups in total. The molecule has 0 spiro atoms. The predicted molar refractivity (Wildman–Crippen MR) is 71.3 cm³/mol. The van der Waals surface area contributed by atoms with Gasteiger partial charge in [-0.25, -0.2) is 0 Å². The van der Waals surface area contributed by atoms with Gasteiger partial charge in [0.1, 0.15) is 18.1 Å². The number of ether oxygens (including phenoxy) is 2. The first-order valence-electron chi connectivity index (χ1n) is 6.78. The number of nitriles is 1. The van der Waals surface area contributed by atoms with Gasteiger partial charge in [-0.15, -0.1) is 0 Å². The molecule has 0 aromatic heterocycles. The Hall–Kier alpha value is -1.73. The van der Waals surface area contributed by atoms with Crippen molar-refractivity contribution in [3.05, 3.63) is 23.8 Å². The molecule has 4 nitrogen and oxygen atoms in total. The second-order valence-corrected chi connectivity index (χ2v) is 5.26. The summed E-state index contributed by atoms with van der Waals surface area (Å²) < 4.78 is 11.0. The van der Waals surface area contributed by atoms with Gasteiger partial charge in [0.05, 0.1) is 24.8 Å². The Kier molecular flexibility index (Phi) is 3.31. The largest absolute Gasteiger partial charge is 0.497 e. The molecule has 1 aromatic carbocycles. The van der Waals surface area contributed by atoms with Crippen molar-refractivity contribution in [3.63, 3.8) is 0 Å². The molecule has 2 unspecified atom stereocenters. The van der Waals surface area contributed by atoms with E-state index >= 15 is 0 Å². The first-order chi connectivity index (χ1) is 9.30. The van der Waals surface area contributed by atoms with Gasteiger partial charge in [-0.3, -0.25) is 4.90 Å². The highest BCUT2D eigenvalue weighted by atomic mass is 16.5. The van der Waals surface area contributed by atoms with Gasteiger partial charge in [0, 0.05) is 18.7 Å². The molecule has 1 saturated carbocycles. The van der Waals surface area contributed by atoms with Crippen molar-refractivity contribution in [1.29, 1.82) is 5.26 Å². The van der Waals surface area contributed by atoms with Crippen molar-refractivity contribution in [2.24, 2.45) is 0 Å². The Morgan fingerprint density at radius 2 is 2.11 bits per heavy atom. The van der Waals surface area contributed by atoms with Gasteiger partial charge >= 0.3 is 0 Å². The summed E-state index contributed by atoms with van der Waals surface area (Å²) in [5.74, 6) is 1.39. The van der Waals surface area contributed by atoms with Gasteiger partial charge in [-0.2, -0.15) is 5.26 Å². The summed E-state index contributed by atoms with van der Waals surface area (Å²) in [5.41, 5.74) is 0.570. The van der Waals surface area contributed by atoms with E-state index < -0.39 is 0 Å². The molecule has 1 saturated heterocycles. The van der Waals surface area contributed by atoms with E-state index in [2.05, 4.69) is 11.0 Å². The summed E-state index contributed by atoms with van der Waals surface area (Å²) in [7, 11) is 1.60. The minimum Gasteiger partial charge on any atom is -0.497 e. The number of nitrogens with zero attached hydrogens (tertiary/aromatic N) is 2. The van der Waals surface area contributed by atoms with E-state index in [9.17, 15) is 0 Å². The highest BCUT2D eigenvalue weighted by Gasteiger charge is 2.42. The maximum absolute atomic E-state index is 8.96. The lowest BCUT2D eigenvalue weighted by Crippen LogP contribution is -2.29. The second kappa shape index (κ2) is 5.10. The third-order valence-electron chi connectivity index (χ3n) is 3.99. The molecule has 0 radical (unpaired) electrons. The number of methoxy groups -OCH3 is 1. The van der Waals surface area contributed by atoms with Crippen LogP contribution < -0.4 is 9.47 Å². The summed E-state index contributed by atoms with van der Waals surface area (Å²) in [6, 6.07) is 8.78. The third-order valence-corrected chi connectivity index (χ3v) is 3.99. The maximum atomic E-state index is 8.96. The van der Waals surface area contributed by atoms with E-state index in [4.69, 9.17) is 14.7 Å². The van der Waals surface area contributed by atoms with Crippen molar-refractivity contribution in [3.8, 4) is 17.6 Å². The molecular formula is C15H18N2O2. The van der Waals surface area contributed by atoms with E-state index in [1.54, 1.807) is 19.2 Å². The lowest BCUT2D eigenvalue weighted by molar-refractivity contribution is 0.215. The van der Waals surface area contributed by atoms with Crippen LogP contribution in [0.5, 0.6) is 11.5 Å². The van der Waals surface area contributed by atoms with Gasteiger partial charge < -0.3 is 9.47 Å².